The van der Waals surface area contributed by atoms with E-state index in [9.17, 15) is 4.79 Å². The molecule has 0 bridgehead atoms. The lowest BCUT2D eigenvalue weighted by Crippen LogP contribution is -2.43. The Morgan fingerprint density at radius 3 is 2.95 bits per heavy atom. The fraction of sp³-hybridized carbons (Fsp3) is 0.562. The smallest absolute Gasteiger partial charge is 0.253 e. The zero-order chi connectivity index (χ0) is 15.4. The molecule has 0 saturated carbocycles. The first-order valence-corrected chi connectivity index (χ1v) is 8.62. The molecule has 1 aliphatic heterocycles. The van der Waals surface area contributed by atoms with Crippen LogP contribution in [0.1, 0.15) is 37.0 Å². The van der Waals surface area contributed by atoms with Crippen molar-refractivity contribution in [2.45, 2.75) is 32.7 Å². The Hall–Kier alpha value is -0.580. The van der Waals surface area contributed by atoms with Gasteiger partial charge in [0.15, 0.2) is 0 Å². The molecular formula is C16H22BrClN2O. The summed E-state index contributed by atoms with van der Waals surface area (Å²) in [5, 5.41) is 4.10. The first-order valence-electron chi connectivity index (χ1n) is 7.45. The number of likely N-dealkylation sites (tertiary alicyclic amines) is 1. The van der Waals surface area contributed by atoms with Gasteiger partial charge in [-0.15, -0.1) is 0 Å². The zero-order valence-corrected chi connectivity index (χ0v) is 14.9. The predicted molar refractivity (Wildman–Crippen MR) is 90.9 cm³/mol. The van der Waals surface area contributed by atoms with E-state index in [-0.39, 0.29) is 5.91 Å². The normalized spacial score (nSPS) is 19.1. The van der Waals surface area contributed by atoms with Gasteiger partial charge >= 0.3 is 0 Å². The maximum Gasteiger partial charge on any atom is 0.253 e. The second-order valence-corrected chi connectivity index (χ2v) is 7.21. The number of halogens is 2. The summed E-state index contributed by atoms with van der Waals surface area (Å²) in [6.45, 7) is 6.95. The van der Waals surface area contributed by atoms with Crippen LogP contribution in [0.5, 0.6) is 0 Å². The van der Waals surface area contributed by atoms with Gasteiger partial charge in [0.1, 0.15) is 0 Å². The maximum absolute atomic E-state index is 12.6. The van der Waals surface area contributed by atoms with E-state index in [0.717, 1.165) is 30.5 Å². The molecule has 0 radical (unpaired) electrons. The van der Waals surface area contributed by atoms with E-state index in [4.69, 9.17) is 11.6 Å². The summed E-state index contributed by atoms with van der Waals surface area (Å²) in [6, 6.07) is 5.86. The summed E-state index contributed by atoms with van der Waals surface area (Å²) in [5.41, 5.74) is 0.698. The van der Waals surface area contributed by atoms with Crippen molar-refractivity contribution in [2.75, 3.05) is 19.6 Å². The maximum atomic E-state index is 12.6. The Morgan fingerprint density at radius 2 is 2.29 bits per heavy atom. The molecule has 2 rings (SSSR count). The number of rotatable bonds is 4. The van der Waals surface area contributed by atoms with Crippen LogP contribution in [0.2, 0.25) is 5.02 Å². The molecular weight excluding hydrogens is 352 g/mol. The molecule has 0 aromatic heterocycles. The van der Waals surface area contributed by atoms with E-state index in [1.807, 2.05) is 4.90 Å². The summed E-state index contributed by atoms with van der Waals surface area (Å²) in [5.74, 6) is 0.641. The lowest BCUT2D eigenvalue weighted by atomic mass is 9.97. The van der Waals surface area contributed by atoms with E-state index in [2.05, 4.69) is 35.1 Å². The van der Waals surface area contributed by atoms with E-state index in [1.54, 1.807) is 18.2 Å². The molecule has 1 aliphatic rings. The molecule has 21 heavy (non-hydrogen) atoms. The average molecular weight is 374 g/mol. The number of carbonyl (C=O) groups is 1. The highest BCUT2D eigenvalue weighted by molar-refractivity contribution is 9.10. The van der Waals surface area contributed by atoms with E-state index < -0.39 is 0 Å². The standard InChI is InChI=1S/C16H22BrClN2O/c1-11(2)19-9-12-4-3-7-20(10-12)16(21)13-5-6-15(18)14(17)8-13/h5-6,8,11-12,19H,3-4,7,9-10H2,1-2H3. The number of hydrogen-bond acceptors (Lipinski definition) is 2. The molecule has 0 aliphatic carbocycles. The van der Waals surface area contributed by atoms with Gasteiger partial charge in [0, 0.05) is 29.2 Å². The van der Waals surface area contributed by atoms with E-state index >= 15 is 0 Å². The SMILES string of the molecule is CC(C)NCC1CCCN(C(=O)c2ccc(Cl)c(Br)c2)C1. The van der Waals surface area contributed by atoms with Crippen LogP contribution in [0.3, 0.4) is 0 Å². The minimum absolute atomic E-state index is 0.0987. The molecule has 1 aromatic rings. The molecule has 1 atom stereocenters. The predicted octanol–water partition coefficient (Wildman–Crippen LogP) is 3.95. The van der Waals surface area contributed by atoms with Gasteiger partial charge in [-0.25, -0.2) is 0 Å². The number of nitrogens with zero attached hydrogens (tertiary/aromatic N) is 1. The van der Waals surface area contributed by atoms with E-state index in [1.165, 1.54) is 6.42 Å². The monoisotopic (exact) mass is 372 g/mol. The Kier molecular flexibility index (Phi) is 6.08. The minimum atomic E-state index is 0.0987. The second kappa shape index (κ2) is 7.61. The minimum Gasteiger partial charge on any atom is -0.338 e. The quantitative estimate of drug-likeness (QED) is 0.866. The van der Waals surface area contributed by atoms with Crippen molar-refractivity contribution in [1.29, 1.82) is 0 Å². The van der Waals surface area contributed by atoms with Crippen molar-refractivity contribution in [2.24, 2.45) is 5.92 Å². The van der Waals surface area contributed by atoms with Gasteiger partial charge in [-0.05, 0) is 59.4 Å². The summed E-state index contributed by atoms with van der Waals surface area (Å²) >= 11 is 9.36. The molecule has 3 nitrogen and oxygen atoms in total. The highest BCUT2D eigenvalue weighted by Gasteiger charge is 2.24. The van der Waals surface area contributed by atoms with Crippen LogP contribution in [-0.4, -0.2) is 36.5 Å². The number of amides is 1. The highest BCUT2D eigenvalue weighted by Crippen LogP contribution is 2.25. The summed E-state index contributed by atoms with van der Waals surface area (Å²) < 4.78 is 0.769. The summed E-state index contributed by atoms with van der Waals surface area (Å²) in [4.78, 5) is 14.6. The number of hydrogen-bond donors (Lipinski definition) is 1. The molecule has 0 spiro atoms. The summed E-state index contributed by atoms with van der Waals surface area (Å²) in [7, 11) is 0. The van der Waals surface area contributed by atoms with Gasteiger partial charge in [-0.3, -0.25) is 4.79 Å². The first kappa shape index (κ1) is 16.8. The van der Waals surface area contributed by atoms with Crippen molar-refractivity contribution >= 4 is 33.4 Å². The highest BCUT2D eigenvalue weighted by atomic mass is 79.9. The molecule has 5 heteroatoms. The third kappa shape index (κ3) is 4.70. The molecule has 1 aromatic carbocycles. The third-order valence-electron chi connectivity index (χ3n) is 3.79. The first-order chi connectivity index (χ1) is 9.97. The fourth-order valence-electron chi connectivity index (χ4n) is 2.63. The average Bonchev–Trinajstić information content (AvgIpc) is 2.47. The zero-order valence-electron chi connectivity index (χ0n) is 12.5. The van der Waals surface area contributed by atoms with Crippen LogP contribution >= 0.6 is 27.5 Å². The van der Waals surface area contributed by atoms with Gasteiger partial charge < -0.3 is 10.2 Å². The van der Waals surface area contributed by atoms with Crippen LogP contribution in [0.4, 0.5) is 0 Å². The lowest BCUT2D eigenvalue weighted by molar-refractivity contribution is 0.0672. The molecule has 1 unspecified atom stereocenters. The molecule has 1 fully saturated rings. The summed E-state index contributed by atoms with van der Waals surface area (Å²) in [6.07, 6.45) is 2.26. The van der Waals surface area contributed by atoms with Gasteiger partial charge in [0.2, 0.25) is 0 Å². The number of nitrogens with one attached hydrogen (secondary N) is 1. The van der Waals surface area contributed by atoms with Crippen LogP contribution in [0.15, 0.2) is 22.7 Å². The Labute approximate surface area is 140 Å². The van der Waals surface area contributed by atoms with Crippen molar-refractivity contribution in [3.8, 4) is 0 Å². The molecule has 1 heterocycles. The molecule has 1 N–H and O–H groups in total. The van der Waals surface area contributed by atoms with Crippen molar-refractivity contribution < 1.29 is 4.79 Å². The number of carbonyl (C=O) groups excluding carboxylic acids is 1. The number of benzene rings is 1. The molecule has 1 saturated heterocycles. The largest absolute Gasteiger partial charge is 0.338 e. The van der Waals surface area contributed by atoms with Gasteiger partial charge in [-0.1, -0.05) is 25.4 Å². The van der Waals surface area contributed by atoms with Crippen LogP contribution < -0.4 is 5.32 Å². The Bertz CT molecular complexity index is 507. The molecule has 1 amide bonds. The Morgan fingerprint density at radius 1 is 1.52 bits per heavy atom. The van der Waals surface area contributed by atoms with Crippen molar-refractivity contribution in [1.82, 2.24) is 10.2 Å². The number of piperidine rings is 1. The lowest BCUT2D eigenvalue weighted by Gasteiger charge is -2.33. The van der Waals surface area contributed by atoms with Crippen molar-refractivity contribution in [3.05, 3.63) is 33.3 Å². The third-order valence-corrected chi connectivity index (χ3v) is 5.00. The Balaban J connectivity index is 1.99. The van der Waals surface area contributed by atoms with Crippen LogP contribution in [0.25, 0.3) is 0 Å². The van der Waals surface area contributed by atoms with Crippen LogP contribution in [-0.2, 0) is 0 Å². The van der Waals surface area contributed by atoms with Gasteiger partial charge in [0.25, 0.3) is 5.91 Å². The van der Waals surface area contributed by atoms with Crippen molar-refractivity contribution in [3.63, 3.8) is 0 Å². The molecule has 116 valence electrons. The van der Waals surface area contributed by atoms with Gasteiger partial charge in [0.05, 0.1) is 5.02 Å². The van der Waals surface area contributed by atoms with Crippen LogP contribution in [0, 0.1) is 5.92 Å². The second-order valence-electron chi connectivity index (χ2n) is 5.95. The van der Waals surface area contributed by atoms with E-state index in [0.29, 0.717) is 22.5 Å². The topological polar surface area (TPSA) is 32.3 Å². The van der Waals surface area contributed by atoms with Gasteiger partial charge in [-0.2, -0.15) is 0 Å². The fourth-order valence-corrected chi connectivity index (χ4v) is 3.13.